The number of benzene rings is 2. The highest BCUT2D eigenvalue weighted by molar-refractivity contribution is 5.85. The van der Waals surface area contributed by atoms with E-state index in [4.69, 9.17) is 0 Å². The van der Waals surface area contributed by atoms with Crippen LogP contribution in [-0.2, 0) is 0 Å². The standard InChI is InChI=1S/C16H14F2N2O4/c1-7-5-9(3)15(19(21)22)11(13(7)17)12-14(18)8(2)6-10(4)16(12)20(23)24/h5-6H,1-4H3. The van der Waals surface area contributed by atoms with Gasteiger partial charge >= 0.3 is 0 Å². The van der Waals surface area contributed by atoms with E-state index in [0.29, 0.717) is 0 Å². The average molecular weight is 336 g/mol. The first-order chi connectivity index (χ1) is 11.1. The van der Waals surface area contributed by atoms with E-state index in [1.54, 1.807) is 0 Å². The molecule has 0 atom stereocenters. The first-order valence-corrected chi connectivity index (χ1v) is 6.96. The highest BCUT2D eigenvalue weighted by atomic mass is 19.1. The van der Waals surface area contributed by atoms with E-state index < -0.39 is 44.0 Å². The number of rotatable bonds is 3. The minimum Gasteiger partial charge on any atom is -0.258 e. The highest BCUT2D eigenvalue weighted by Crippen LogP contribution is 2.44. The second kappa shape index (κ2) is 5.95. The number of hydrogen-bond acceptors (Lipinski definition) is 4. The Morgan fingerprint density at radius 2 is 1.00 bits per heavy atom. The van der Waals surface area contributed by atoms with Gasteiger partial charge in [0.2, 0.25) is 0 Å². The zero-order chi connectivity index (χ0) is 18.3. The minimum absolute atomic E-state index is 0.0426. The van der Waals surface area contributed by atoms with Gasteiger partial charge in [0.15, 0.2) is 0 Å². The summed E-state index contributed by atoms with van der Waals surface area (Å²) < 4.78 is 29.4. The van der Waals surface area contributed by atoms with Crippen molar-refractivity contribution < 1.29 is 18.6 Å². The predicted octanol–water partition coefficient (Wildman–Crippen LogP) is 4.68. The molecule has 0 N–H and O–H groups in total. The molecule has 2 rings (SSSR count). The van der Waals surface area contributed by atoms with E-state index in [2.05, 4.69) is 0 Å². The lowest BCUT2D eigenvalue weighted by atomic mass is 9.92. The van der Waals surface area contributed by atoms with E-state index in [0.717, 1.165) is 0 Å². The van der Waals surface area contributed by atoms with Gasteiger partial charge in [0.05, 0.1) is 9.85 Å². The third kappa shape index (κ3) is 2.60. The number of halogens is 2. The Morgan fingerprint density at radius 3 is 1.25 bits per heavy atom. The van der Waals surface area contributed by atoms with Crippen molar-refractivity contribution >= 4 is 11.4 Å². The maximum absolute atomic E-state index is 14.7. The molecule has 6 nitrogen and oxygen atoms in total. The molecule has 0 aliphatic heterocycles. The monoisotopic (exact) mass is 336 g/mol. The van der Waals surface area contributed by atoms with Crippen molar-refractivity contribution in [3.8, 4) is 11.1 Å². The number of nitrogens with zero attached hydrogens (tertiary/aromatic N) is 2. The Labute approximate surface area is 136 Å². The van der Waals surface area contributed by atoms with Crippen LogP contribution in [0.1, 0.15) is 22.3 Å². The Bertz CT molecular complexity index is 821. The molecule has 0 saturated heterocycles. The van der Waals surface area contributed by atoms with Gasteiger partial charge in [0.1, 0.15) is 22.8 Å². The molecule has 126 valence electrons. The fourth-order valence-electron chi connectivity index (χ4n) is 2.84. The summed E-state index contributed by atoms with van der Waals surface area (Å²) >= 11 is 0. The summed E-state index contributed by atoms with van der Waals surface area (Å²) in [6.07, 6.45) is 0. The van der Waals surface area contributed by atoms with Crippen molar-refractivity contribution in [3.05, 3.63) is 66.2 Å². The van der Waals surface area contributed by atoms with Crippen LogP contribution in [0.4, 0.5) is 20.2 Å². The van der Waals surface area contributed by atoms with Crippen LogP contribution < -0.4 is 0 Å². The summed E-state index contributed by atoms with van der Waals surface area (Å²) in [6, 6.07) is 2.51. The second-order valence-corrected chi connectivity index (χ2v) is 5.61. The first-order valence-electron chi connectivity index (χ1n) is 6.96. The molecule has 24 heavy (non-hydrogen) atoms. The molecule has 0 heterocycles. The summed E-state index contributed by atoms with van der Waals surface area (Å²) in [6.45, 7) is 5.48. The summed E-state index contributed by atoms with van der Waals surface area (Å²) in [4.78, 5) is 21.1. The van der Waals surface area contributed by atoms with Gasteiger partial charge in [-0.25, -0.2) is 8.78 Å². The zero-order valence-corrected chi connectivity index (χ0v) is 13.4. The van der Waals surface area contributed by atoms with E-state index in [1.807, 2.05) is 0 Å². The Hall–Kier alpha value is -2.90. The third-order valence-electron chi connectivity index (χ3n) is 3.83. The largest absolute Gasteiger partial charge is 0.283 e. The zero-order valence-electron chi connectivity index (χ0n) is 13.4. The molecule has 0 aliphatic carbocycles. The van der Waals surface area contributed by atoms with Crippen molar-refractivity contribution in [2.24, 2.45) is 0 Å². The minimum atomic E-state index is -1.04. The third-order valence-corrected chi connectivity index (χ3v) is 3.83. The molecule has 0 radical (unpaired) electrons. The van der Waals surface area contributed by atoms with Crippen LogP contribution in [0.3, 0.4) is 0 Å². The number of nitro groups is 2. The van der Waals surface area contributed by atoms with E-state index in [-0.39, 0.29) is 22.3 Å². The molecule has 0 amide bonds. The van der Waals surface area contributed by atoms with Crippen molar-refractivity contribution in [2.75, 3.05) is 0 Å². The van der Waals surface area contributed by atoms with Crippen LogP contribution in [0, 0.1) is 59.6 Å². The van der Waals surface area contributed by atoms with Crippen LogP contribution in [0.2, 0.25) is 0 Å². The average Bonchev–Trinajstić information content (AvgIpc) is 2.45. The molecule has 0 saturated carbocycles. The van der Waals surface area contributed by atoms with Gasteiger partial charge in [-0.1, -0.05) is 0 Å². The van der Waals surface area contributed by atoms with Gasteiger partial charge in [0.25, 0.3) is 11.4 Å². The Morgan fingerprint density at radius 1 is 0.708 bits per heavy atom. The lowest BCUT2D eigenvalue weighted by Crippen LogP contribution is -2.06. The molecule has 0 unspecified atom stereocenters. The lowest BCUT2D eigenvalue weighted by molar-refractivity contribution is -0.387. The smallest absolute Gasteiger partial charge is 0.258 e. The van der Waals surface area contributed by atoms with Gasteiger partial charge in [-0.15, -0.1) is 0 Å². The van der Waals surface area contributed by atoms with E-state index >= 15 is 0 Å². The van der Waals surface area contributed by atoms with Crippen molar-refractivity contribution in [2.45, 2.75) is 27.7 Å². The van der Waals surface area contributed by atoms with Gasteiger partial charge in [-0.3, -0.25) is 20.2 Å². The fraction of sp³-hybridized carbons (Fsp3) is 0.250. The van der Waals surface area contributed by atoms with Crippen LogP contribution in [0.15, 0.2) is 12.1 Å². The van der Waals surface area contributed by atoms with E-state index in [9.17, 15) is 29.0 Å². The van der Waals surface area contributed by atoms with Gasteiger partial charge in [0, 0.05) is 11.1 Å². The summed E-state index contributed by atoms with van der Waals surface area (Å²) in [5.41, 5.74) is -2.44. The molecule has 0 aromatic heterocycles. The summed E-state index contributed by atoms with van der Waals surface area (Å²) in [7, 11) is 0. The van der Waals surface area contributed by atoms with Crippen LogP contribution >= 0.6 is 0 Å². The highest BCUT2D eigenvalue weighted by Gasteiger charge is 2.34. The van der Waals surface area contributed by atoms with E-state index in [1.165, 1.54) is 39.8 Å². The maximum atomic E-state index is 14.7. The Balaban J connectivity index is 3.13. The van der Waals surface area contributed by atoms with Crippen LogP contribution in [-0.4, -0.2) is 9.85 Å². The SMILES string of the molecule is Cc1cc(C)c([N+](=O)[O-])c(-c2c(F)c(C)cc(C)c2[N+](=O)[O-])c1F. The Kier molecular flexibility index (Phi) is 4.33. The van der Waals surface area contributed by atoms with Crippen molar-refractivity contribution in [1.29, 1.82) is 0 Å². The molecule has 0 aliphatic rings. The van der Waals surface area contributed by atoms with Gasteiger partial charge in [-0.2, -0.15) is 0 Å². The summed E-state index contributed by atoms with van der Waals surface area (Å²) in [5.74, 6) is -2.08. The fourth-order valence-corrected chi connectivity index (χ4v) is 2.84. The molecular weight excluding hydrogens is 322 g/mol. The molecule has 0 fully saturated rings. The van der Waals surface area contributed by atoms with Crippen LogP contribution in [0.25, 0.3) is 11.1 Å². The number of hydrogen-bond donors (Lipinski definition) is 0. The first kappa shape index (κ1) is 17.5. The lowest BCUT2D eigenvalue weighted by Gasteiger charge is -2.13. The summed E-state index contributed by atoms with van der Waals surface area (Å²) in [5, 5.41) is 22.8. The second-order valence-electron chi connectivity index (χ2n) is 5.61. The molecular formula is C16H14F2N2O4. The normalized spacial score (nSPS) is 10.8. The predicted molar refractivity (Wildman–Crippen MR) is 84.1 cm³/mol. The number of aryl methyl sites for hydroxylation is 4. The molecule has 8 heteroatoms. The molecule has 0 spiro atoms. The van der Waals surface area contributed by atoms with Gasteiger partial charge < -0.3 is 0 Å². The maximum Gasteiger partial charge on any atom is 0.283 e. The molecule has 0 bridgehead atoms. The topological polar surface area (TPSA) is 86.3 Å². The number of nitro benzene ring substituents is 2. The van der Waals surface area contributed by atoms with Crippen molar-refractivity contribution in [3.63, 3.8) is 0 Å². The molecule has 2 aromatic carbocycles. The van der Waals surface area contributed by atoms with Crippen LogP contribution in [0.5, 0.6) is 0 Å². The molecule has 2 aromatic rings. The van der Waals surface area contributed by atoms with Gasteiger partial charge in [-0.05, 0) is 51.0 Å². The van der Waals surface area contributed by atoms with Crippen molar-refractivity contribution in [1.82, 2.24) is 0 Å². The quantitative estimate of drug-likeness (QED) is 0.601.